The van der Waals surface area contributed by atoms with Gasteiger partial charge in [-0.3, -0.25) is 9.59 Å². The molecule has 0 spiro atoms. The number of aryl methyl sites for hydroxylation is 2. The van der Waals surface area contributed by atoms with Gasteiger partial charge in [0.25, 0.3) is 11.1 Å². The van der Waals surface area contributed by atoms with Crippen molar-refractivity contribution in [2.45, 2.75) is 76.0 Å². The molecule has 6 nitrogen and oxygen atoms in total. The summed E-state index contributed by atoms with van der Waals surface area (Å²) in [5.41, 5.74) is 5.41. The Morgan fingerprint density at radius 2 is 0.944 bits per heavy atom. The van der Waals surface area contributed by atoms with Crippen molar-refractivity contribution in [2.75, 3.05) is 0 Å². The van der Waals surface area contributed by atoms with Gasteiger partial charge in [-0.25, -0.2) is 9.97 Å². The van der Waals surface area contributed by atoms with Gasteiger partial charge in [0.2, 0.25) is 0 Å². The van der Waals surface area contributed by atoms with Crippen LogP contribution in [0, 0.1) is 0 Å². The molecule has 0 bridgehead atoms. The molecule has 0 saturated heterocycles. The van der Waals surface area contributed by atoms with E-state index in [2.05, 4.69) is 9.97 Å². The Morgan fingerprint density at radius 1 is 0.583 bits per heavy atom. The molecule has 0 aliphatic heterocycles. The molecule has 2 aromatic carbocycles. The molecule has 2 saturated carbocycles. The molecule has 2 fully saturated rings. The van der Waals surface area contributed by atoms with Gasteiger partial charge in [-0.1, -0.05) is 62.8 Å². The number of nitrogens with zero attached hydrogens (tertiary/aromatic N) is 4. The van der Waals surface area contributed by atoms with Gasteiger partial charge in [0.15, 0.2) is 0 Å². The number of benzene rings is 2. The van der Waals surface area contributed by atoms with Crippen molar-refractivity contribution in [2.24, 2.45) is 14.1 Å². The second-order valence-electron chi connectivity index (χ2n) is 10.4. The first kappa shape index (κ1) is 24.4. The van der Waals surface area contributed by atoms with Crippen LogP contribution >= 0.6 is 0 Å². The van der Waals surface area contributed by atoms with E-state index in [0.717, 1.165) is 59.1 Å². The largest absolute Gasteiger partial charge is 0.308 e. The zero-order valence-corrected chi connectivity index (χ0v) is 21.4. The highest BCUT2D eigenvalue weighted by molar-refractivity contribution is 5.75. The van der Waals surface area contributed by atoms with E-state index in [0.29, 0.717) is 11.8 Å². The average Bonchev–Trinajstić information content (AvgIpc) is 2.94. The molecule has 2 aliphatic carbocycles. The van der Waals surface area contributed by atoms with Gasteiger partial charge in [-0.15, -0.1) is 0 Å². The van der Waals surface area contributed by atoms with Crippen LogP contribution in [0.5, 0.6) is 0 Å². The SMILES string of the molecule is Cn1c(=O)c(C2CCCCC2)nc2ccccc21.Cn1c(=O)c(C2CCCCC2)nc2ccccc21. The summed E-state index contributed by atoms with van der Waals surface area (Å²) in [4.78, 5) is 34.0. The van der Waals surface area contributed by atoms with Crippen molar-refractivity contribution in [3.8, 4) is 0 Å². The van der Waals surface area contributed by atoms with E-state index in [1.165, 1.54) is 38.5 Å². The lowest BCUT2D eigenvalue weighted by atomic mass is 9.87. The fourth-order valence-corrected chi connectivity index (χ4v) is 5.89. The van der Waals surface area contributed by atoms with Crippen LogP contribution in [0.3, 0.4) is 0 Å². The van der Waals surface area contributed by atoms with Gasteiger partial charge in [-0.2, -0.15) is 0 Å². The molecule has 4 aromatic rings. The minimum atomic E-state index is 0.0839. The van der Waals surface area contributed by atoms with Gasteiger partial charge in [0.1, 0.15) is 11.4 Å². The molecule has 2 heterocycles. The van der Waals surface area contributed by atoms with Crippen LogP contribution < -0.4 is 11.1 Å². The van der Waals surface area contributed by atoms with E-state index in [9.17, 15) is 9.59 Å². The lowest BCUT2D eigenvalue weighted by molar-refractivity contribution is 0.433. The van der Waals surface area contributed by atoms with Crippen molar-refractivity contribution in [3.63, 3.8) is 0 Å². The molecule has 6 heteroatoms. The quantitative estimate of drug-likeness (QED) is 0.352. The molecule has 36 heavy (non-hydrogen) atoms. The lowest BCUT2D eigenvalue weighted by Crippen LogP contribution is -2.26. The maximum atomic E-state index is 12.4. The summed E-state index contributed by atoms with van der Waals surface area (Å²) in [5.74, 6) is 0.726. The third kappa shape index (κ3) is 4.86. The summed E-state index contributed by atoms with van der Waals surface area (Å²) in [6.45, 7) is 0. The van der Waals surface area contributed by atoms with Crippen molar-refractivity contribution in [1.82, 2.24) is 19.1 Å². The first-order valence-electron chi connectivity index (χ1n) is 13.5. The summed E-state index contributed by atoms with van der Waals surface area (Å²) in [7, 11) is 3.69. The summed E-state index contributed by atoms with van der Waals surface area (Å²) in [6, 6.07) is 15.7. The van der Waals surface area contributed by atoms with Crippen LogP contribution in [0.15, 0.2) is 58.1 Å². The number of hydrogen-bond acceptors (Lipinski definition) is 4. The predicted octanol–water partition coefficient (Wildman–Crippen LogP) is 5.96. The molecule has 0 radical (unpaired) electrons. The van der Waals surface area contributed by atoms with E-state index in [-0.39, 0.29) is 11.1 Å². The van der Waals surface area contributed by atoms with Crippen molar-refractivity contribution >= 4 is 22.1 Å². The van der Waals surface area contributed by atoms with Crippen LogP contribution in [0.4, 0.5) is 0 Å². The Bertz CT molecular complexity index is 1360. The van der Waals surface area contributed by atoms with Gasteiger partial charge < -0.3 is 9.13 Å². The summed E-state index contributed by atoms with van der Waals surface area (Å²) >= 11 is 0. The van der Waals surface area contributed by atoms with Crippen LogP contribution in [-0.2, 0) is 14.1 Å². The molecule has 0 atom stereocenters. The molecule has 188 valence electrons. The molecule has 0 amide bonds. The van der Waals surface area contributed by atoms with Crippen LogP contribution in [-0.4, -0.2) is 19.1 Å². The predicted molar refractivity (Wildman–Crippen MR) is 146 cm³/mol. The highest BCUT2D eigenvalue weighted by atomic mass is 16.1. The van der Waals surface area contributed by atoms with Crippen molar-refractivity contribution in [3.05, 3.63) is 80.6 Å². The molecule has 2 aromatic heterocycles. The fraction of sp³-hybridized carbons (Fsp3) is 0.467. The van der Waals surface area contributed by atoms with Crippen LogP contribution in [0.25, 0.3) is 22.1 Å². The second kappa shape index (κ2) is 10.8. The average molecular weight is 485 g/mol. The van der Waals surface area contributed by atoms with E-state index in [1.807, 2.05) is 62.6 Å². The number of rotatable bonds is 2. The van der Waals surface area contributed by atoms with E-state index in [4.69, 9.17) is 0 Å². The zero-order valence-electron chi connectivity index (χ0n) is 21.4. The second-order valence-corrected chi connectivity index (χ2v) is 10.4. The Kier molecular flexibility index (Phi) is 7.30. The van der Waals surface area contributed by atoms with Crippen LogP contribution in [0.1, 0.15) is 87.4 Å². The Balaban J connectivity index is 0.000000148. The highest BCUT2D eigenvalue weighted by Gasteiger charge is 2.22. The van der Waals surface area contributed by atoms with Crippen molar-refractivity contribution in [1.29, 1.82) is 0 Å². The molecular weight excluding hydrogens is 448 g/mol. The minimum absolute atomic E-state index is 0.0839. The molecule has 0 unspecified atom stereocenters. The standard InChI is InChI=1S/2C15H18N2O/c2*1-17-13-10-6-5-9-12(13)16-14(15(17)18)11-7-3-2-4-8-11/h2*5-6,9-11H,2-4,7-8H2,1H3. The van der Waals surface area contributed by atoms with Crippen LogP contribution in [0.2, 0.25) is 0 Å². The Labute approximate surface area is 212 Å². The first-order valence-corrected chi connectivity index (χ1v) is 13.5. The van der Waals surface area contributed by atoms with Gasteiger partial charge in [0.05, 0.1) is 22.1 Å². The van der Waals surface area contributed by atoms with Gasteiger partial charge >= 0.3 is 0 Å². The smallest absolute Gasteiger partial charge is 0.272 e. The Morgan fingerprint density at radius 3 is 1.33 bits per heavy atom. The molecule has 6 rings (SSSR count). The maximum Gasteiger partial charge on any atom is 0.272 e. The number of fused-ring (bicyclic) bond motifs is 2. The monoisotopic (exact) mass is 484 g/mol. The van der Waals surface area contributed by atoms with E-state index in [1.54, 1.807) is 9.13 Å². The minimum Gasteiger partial charge on any atom is -0.308 e. The molecular formula is C30H36N4O2. The van der Waals surface area contributed by atoms with Gasteiger partial charge in [0, 0.05) is 25.9 Å². The Hall–Kier alpha value is -3.28. The summed E-state index contributed by atoms with van der Waals surface area (Å²) in [5, 5.41) is 0. The van der Waals surface area contributed by atoms with Crippen molar-refractivity contribution < 1.29 is 0 Å². The summed E-state index contributed by atoms with van der Waals surface area (Å²) in [6.07, 6.45) is 11.9. The first-order chi connectivity index (χ1) is 17.5. The number of para-hydroxylation sites is 4. The van der Waals surface area contributed by atoms with Gasteiger partial charge in [-0.05, 0) is 49.9 Å². The highest BCUT2D eigenvalue weighted by Crippen LogP contribution is 2.31. The number of hydrogen-bond donors (Lipinski definition) is 0. The summed E-state index contributed by atoms with van der Waals surface area (Å²) < 4.78 is 3.48. The lowest BCUT2D eigenvalue weighted by Gasteiger charge is -2.21. The molecule has 0 N–H and O–H groups in total. The third-order valence-corrected chi connectivity index (χ3v) is 8.00. The topological polar surface area (TPSA) is 69.8 Å². The third-order valence-electron chi connectivity index (χ3n) is 8.00. The maximum absolute atomic E-state index is 12.4. The molecule has 2 aliphatic rings. The normalized spacial score (nSPS) is 17.2. The fourth-order valence-electron chi connectivity index (χ4n) is 5.89. The van der Waals surface area contributed by atoms with E-state index < -0.39 is 0 Å². The van der Waals surface area contributed by atoms with E-state index >= 15 is 0 Å². The zero-order chi connectivity index (χ0) is 25.1. The number of aromatic nitrogens is 4.